The molecule has 1 saturated heterocycles. The molecule has 5 N–H and O–H groups in total. The van der Waals surface area contributed by atoms with Crippen LogP contribution in [0.5, 0.6) is 11.5 Å². The van der Waals surface area contributed by atoms with Crippen molar-refractivity contribution in [3.63, 3.8) is 0 Å². The Morgan fingerprint density at radius 1 is 0.923 bits per heavy atom. The molecule has 0 bridgehead atoms. The zero-order valence-electron chi connectivity index (χ0n) is 20.4. The summed E-state index contributed by atoms with van der Waals surface area (Å²) in [6, 6.07) is 14.9. The highest BCUT2D eigenvalue weighted by Gasteiger charge is 2.17. The summed E-state index contributed by atoms with van der Waals surface area (Å²) in [6.07, 6.45) is 1.43. The van der Waals surface area contributed by atoms with E-state index >= 15 is 0 Å². The number of hydrogen-bond acceptors (Lipinski definition) is 9. The average molecular weight is 530 g/mol. The van der Waals surface area contributed by atoms with Gasteiger partial charge in [-0.2, -0.15) is 4.98 Å². The zero-order valence-corrected chi connectivity index (χ0v) is 20.4. The van der Waals surface area contributed by atoms with Crippen LogP contribution in [-0.2, 0) is 4.74 Å². The number of H-pyrrole nitrogens is 2. The van der Waals surface area contributed by atoms with Crippen LogP contribution in [0.2, 0.25) is 0 Å². The molecule has 14 nitrogen and oxygen atoms in total. The van der Waals surface area contributed by atoms with Gasteiger partial charge >= 0.3 is 6.03 Å². The molecule has 0 atom stereocenters. The Morgan fingerprint density at radius 2 is 1.74 bits per heavy atom. The van der Waals surface area contributed by atoms with Crippen LogP contribution < -0.4 is 25.6 Å². The number of hydrogen-bond donors (Lipinski definition) is 5. The van der Waals surface area contributed by atoms with E-state index in [1.54, 1.807) is 54.6 Å². The third-order valence-electron chi connectivity index (χ3n) is 5.78. The van der Waals surface area contributed by atoms with Gasteiger partial charge in [-0.1, -0.05) is 0 Å². The monoisotopic (exact) mass is 529 g/mol. The summed E-state index contributed by atoms with van der Waals surface area (Å²) in [5.41, 5.74) is 1.90. The molecule has 2 aromatic carbocycles. The molecule has 3 amide bonds. The Morgan fingerprint density at radius 3 is 2.54 bits per heavy atom. The first-order valence-electron chi connectivity index (χ1n) is 12.0. The quantitative estimate of drug-likeness (QED) is 0.210. The van der Waals surface area contributed by atoms with Gasteiger partial charge in [-0.25, -0.2) is 14.9 Å². The van der Waals surface area contributed by atoms with E-state index in [2.05, 4.69) is 41.1 Å². The molecule has 0 aliphatic carbocycles. The third kappa shape index (κ3) is 5.65. The highest BCUT2D eigenvalue weighted by molar-refractivity contribution is 6.02. The van der Waals surface area contributed by atoms with Crippen molar-refractivity contribution in [2.24, 2.45) is 0 Å². The van der Waals surface area contributed by atoms with Gasteiger partial charge in [-0.15, -0.1) is 5.10 Å². The standard InChI is InChI=1S/C25H23N9O5/c35-21(20-2-1-11-38-20)29-22-27-18-8-7-17(14-19(18)28-22)39-16-5-3-15(4-6-16)26-25(36)31-23-30-24(33-32-23)34-9-12-37-13-10-34/h1-8,11,14H,9-10,12-13H2,(H2,27,28,29,35)(H3,26,30,31,32,33,36). The molecule has 1 aliphatic heterocycles. The first-order chi connectivity index (χ1) is 19.1. The molecule has 6 rings (SSSR count). The molecule has 198 valence electrons. The smallest absolute Gasteiger partial charge is 0.326 e. The molecular formula is C25H23N9O5. The normalized spacial score (nSPS) is 13.3. The molecule has 0 spiro atoms. The Kier molecular flexibility index (Phi) is 6.49. The number of nitrogens with one attached hydrogen (secondary N) is 5. The Labute approximate surface area is 220 Å². The van der Waals surface area contributed by atoms with Crippen LogP contribution in [0.1, 0.15) is 10.6 Å². The minimum atomic E-state index is -0.465. The first kappa shape index (κ1) is 24.0. The lowest BCUT2D eigenvalue weighted by atomic mass is 10.3. The SMILES string of the molecule is O=C(Nc1ccc(Oc2ccc3nc(NC(=O)c4ccco4)[nH]c3c2)cc1)Nc1nc(N2CCOCC2)n[nH]1. The second kappa shape index (κ2) is 10.5. The van der Waals surface area contributed by atoms with Crippen molar-refractivity contribution in [3.05, 3.63) is 66.6 Å². The number of nitrogens with zero attached hydrogens (tertiary/aromatic N) is 4. The number of rotatable bonds is 7. The minimum absolute atomic E-state index is 0.186. The molecule has 5 aromatic rings. The number of morpholine rings is 1. The maximum absolute atomic E-state index is 12.4. The van der Waals surface area contributed by atoms with Gasteiger partial charge < -0.3 is 29.1 Å². The molecule has 0 radical (unpaired) electrons. The number of fused-ring (bicyclic) bond motifs is 1. The van der Waals surface area contributed by atoms with Crippen molar-refractivity contribution in [2.45, 2.75) is 0 Å². The van der Waals surface area contributed by atoms with Crippen LogP contribution in [0.25, 0.3) is 11.0 Å². The number of carbonyl (C=O) groups is 2. The molecule has 14 heteroatoms. The molecule has 0 unspecified atom stereocenters. The van der Waals surface area contributed by atoms with Crippen molar-refractivity contribution in [1.82, 2.24) is 25.1 Å². The number of urea groups is 1. The number of amides is 3. The summed E-state index contributed by atoms with van der Waals surface area (Å²) >= 11 is 0. The highest BCUT2D eigenvalue weighted by atomic mass is 16.5. The third-order valence-corrected chi connectivity index (χ3v) is 5.78. The highest BCUT2D eigenvalue weighted by Crippen LogP contribution is 2.27. The van der Waals surface area contributed by atoms with Gasteiger partial charge in [-0.05, 0) is 48.5 Å². The predicted octanol–water partition coefficient (Wildman–Crippen LogP) is 3.80. The maximum Gasteiger partial charge on any atom is 0.326 e. The second-order valence-corrected chi connectivity index (χ2v) is 8.48. The molecular weight excluding hydrogens is 506 g/mol. The maximum atomic E-state index is 12.4. The van der Waals surface area contributed by atoms with Crippen molar-refractivity contribution in [1.29, 1.82) is 0 Å². The number of anilines is 4. The largest absolute Gasteiger partial charge is 0.459 e. The van der Waals surface area contributed by atoms with E-state index in [1.807, 2.05) is 4.90 Å². The van der Waals surface area contributed by atoms with E-state index in [-0.39, 0.29) is 11.7 Å². The zero-order chi connectivity index (χ0) is 26.6. The lowest BCUT2D eigenvalue weighted by molar-refractivity contribution is 0.0996. The minimum Gasteiger partial charge on any atom is -0.459 e. The molecule has 39 heavy (non-hydrogen) atoms. The van der Waals surface area contributed by atoms with Crippen LogP contribution in [0.3, 0.4) is 0 Å². The fourth-order valence-electron chi connectivity index (χ4n) is 3.91. The van der Waals surface area contributed by atoms with E-state index in [9.17, 15) is 9.59 Å². The number of aromatic amines is 2. The van der Waals surface area contributed by atoms with E-state index in [4.69, 9.17) is 13.9 Å². The molecule has 4 heterocycles. The van der Waals surface area contributed by atoms with Gasteiger partial charge in [0.25, 0.3) is 5.91 Å². The number of ether oxygens (including phenoxy) is 2. The number of aromatic nitrogens is 5. The van der Waals surface area contributed by atoms with Gasteiger partial charge in [0, 0.05) is 24.8 Å². The van der Waals surface area contributed by atoms with Crippen molar-refractivity contribution in [2.75, 3.05) is 47.2 Å². The Bertz CT molecular complexity index is 1590. The number of carbonyl (C=O) groups excluding carboxylic acids is 2. The van der Waals surface area contributed by atoms with Crippen LogP contribution in [0.15, 0.2) is 65.3 Å². The van der Waals surface area contributed by atoms with E-state index < -0.39 is 11.9 Å². The van der Waals surface area contributed by atoms with Gasteiger partial charge in [0.15, 0.2) is 5.76 Å². The molecule has 3 aromatic heterocycles. The Balaban J connectivity index is 1.04. The van der Waals surface area contributed by atoms with Crippen molar-refractivity contribution >= 4 is 46.5 Å². The number of furan rings is 1. The fourth-order valence-corrected chi connectivity index (χ4v) is 3.91. The van der Waals surface area contributed by atoms with Crippen molar-refractivity contribution in [3.8, 4) is 11.5 Å². The van der Waals surface area contributed by atoms with Gasteiger partial charge in [0.2, 0.25) is 17.8 Å². The van der Waals surface area contributed by atoms with Crippen LogP contribution in [-0.4, -0.2) is 63.4 Å². The number of imidazole rings is 1. The number of benzene rings is 2. The summed E-state index contributed by atoms with van der Waals surface area (Å²) in [7, 11) is 0. The van der Waals surface area contributed by atoms with Crippen molar-refractivity contribution < 1.29 is 23.5 Å². The summed E-state index contributed by atoms with van der Waals surface area (Å²) < 4.78 is 16.4. The van der Waals surface area contributed by atoms with Crippen LogP contribution in [0, 0.1) is 0 Å². The summed E-state index contributed by atoms with van der Waals surface area (Å²) in [6.45, 7) is 2.62. The molecule has 1 fully saturated rings. The summed E-state index contributed by atoms with van der Waals surface area (Å²) in [4.78, 5) is 38.2. The summed E-state index contributed by atoms with van der Waals surface area (Å²) in [5, 5.41) is 14.9. The van der Waals surface area contributed by atoms with E-state index in [1.165, 1.54) is 6.26 Å². The van der Waals surface area contributed by atoms with Crippen LogP contribution >= 0.6 is 0 Å². The average Bonchev–Trinajstić information content (AvgIpc) is 3.71. The summed E-state index contributed by atoms with van der Waals surface area (Å²) in [5.74, 6) is 1.96. The lowest BCUT2D eigenvalue weighted by Crippen LogP contribution is -2.36. The Hall–Kier alpha value is -5.37. The first-order valence-corrected chi connectivity index (χ1v) is 12.0. The fraction of sp³-hybridized carbons (Fsp3) is 0.160. The van der Waals surface area contributed by atoms with Gasteiger partial charge in [0.05, 0.1) is 30.5 Å². The van der Waals surface area contributed by atoms with Gasteiger partial charge in [-0.3, -0.25) is 15.4 Å². The van der Waals surface area contributed by atoms with Gasteiger partial charge in [0.1, 0.15) is 11.5 Å². The van der Waals surface area contributed by atoms with Crippen LogP contribution in [0.4, 0.5) is 28.3 Å². The second-order valence-electron chi connectivity index (χ2n) is 8.48. The lowest BCUT2D eigenvalue weighted by Gasteiger charge is -2.25. The van der Waals surface area contributed by atoms with E-state index in [0.717, 1.165) is 0 Å². The topological polar surface area (TPSA) is 175 Å². The molecule has 1 aliphatic rings. The molecule has 0 saturated carbocycles. The predicted molar refractivity (Wildman–Crippen MR) is 141 cm³/mol. The van der Waals surface area contributed by atoms with E-state index in [0.29, 0.717) is 66.4 Å².